The van der Waals surface area contributed by atoms with Gasteiger partial charge in [0.2, 0.25) is 11.9 Å². The summed E-state index contributed by atoms with van der Waals surface area (Å²) < 4.78 is 39.1. The van der Waals surface area contributed by atoms with Gasteiger partial charge in [-0.2, -0.15) is 4.98 Å². The summed E-state index contributed by atoms with van der Waals surface area (Å²) in [5, 5.41) is 0.339. The van der Waals surface area contributed by atoms with Crippen molar-refractivity contribution in [3.8, 4) is 11.5 Å². The minimum Gasteiger partial charge on any atom is -0.493 e. The summed E-state index contributed by atoms with van der Waals surface area (Å²) in [5.74, 6) is -0.308. The number of anilines is 2. The fourth-order valence-electron chi connectivity index (χ4n) is 5.33. The van der Waals surface area contributed by atoms with Crippen molar-refractivity contribution in [1.82, 2.24) is 19.8 Å². The minimum absolute atomic E-state index is 0.0480. The number of hydrogen-bond acceptors (Lipinski definition) is 8. The largest absolute Gasteiger partial charge is 0.493 e. The highest BCUT2D eigenvalue weighted by Gasteiger charge is 2.30. The number of amides is 1. The Morgan fingerprint density at radius 1 is 1.00 bits per heavy atom. The molecule has 1 atom stereocenters. The highest BCUT2D eigenvalue weighted by atomic mass is 19.1. The van der Waals surface area contributed by atoms with Crippen molar-refractivity contribution in [3.05, 3.63) is 47.5 Å². The standard InChI is InChI=1S/C27H32F2N6O3/c1-37-21-15-19-24(23(29)25(21)38-2)31-27(32-26(19)30)35-13-11-34(12-14-35)22(36)16-20(33-9-3-4-10-33)17-5-7-18(28)8-6-17/h5-8,15,20H,3-4,9-14,16H2,1-2H3,(H2,30,31,32). The molecule has 1 unspecified atom stereocenters. The number of benzene rings is 2. The van der Waals surface area contributed by atoms with E-state index in [0.29, 0.717) is 43.9 Å². The van der Waals surface area contributed by atoms with E-state index in [1.807, 2.05) is 9.80 Å². The van der Waals surface area contributed by atoms with Gasteiger partial charge >= 0.3 is 0 Å². The van der Waals surface area contributed by atoms with E-state index in [-0.39, 0.29) is 40.6 Å². The van der Waals surface area contributed by atoms with Crippen LogP contribution in [0.2, 0.25) is 0 Å². The lowest BCUT2D eigenvalue weighted by Crippen LogP contribution is -2.50. The molecule has 1 aromatic heterocycles. The molecular formula is C27H32F2N6O3. The number of nitrogens with zero attached hydrogens (tertiary/aromatic N) is 5. The number of halogens is 2. The summed E-state index contributed by atoms with van der Waals surface area (Å²) >= 11 is 0. The van der Waals surface area contributed by atoms with Crippen molar-refractivity contribution in [1.29, 1.82) is 0 Å². The number of piperazine rings is 1. The van der Waals surface area contributed by atoms with Gasteiger partial charge < -0.3 is 25.0 Å². The number of carbonyl (C=O) groups excluding carboxylic acids is 1. The molecule has 2 aliphatic rings. The molecule has 2 aliphatic heterocycles. The van der Waals surface area contributed by atoms with Gasteiger partial charge in [-0.25, -0.2) is 13.8 Å². The van der Waals surface area contributed by atoms with Gasteiger partial charge in [0.25, 0.3) is 0 Å². The van der Waals surface area contributed by atoms with Crippen molar-refractivity contribution in [3.63, 3.8) is 0 Å². The lowest BCUT2D eigenvalue weighted by Gasteiger charge is -2.36. The Bertz CT molecular complexity index is 1310. The van der Waals surface area contributed by atoms with Crippen molar-refractivity contribution in [2.45, 2.75) is 25.3 Å². The Labute approximate surface area is 220 Å². The van der Waals surface area contributed by atoms with Crippen LogP contribution in [-0.4, -0.2) is 79.2 Å². The summed E-state index contributed by atoms with van der Waals surface area (Å²) in [6.07, 6.45) is 2.52. The topological polar surface area (TPSA) is 97.0 Å². The van der Waals surface area contributed by atoms with Crippen LogP contribution in [0.3, 0.4) is 0 Å². The first-order chi connectivity index (χ1) is 18.4. The average Bonchev–Trinajstić information content (AvgIpc) is 3.47. The van der Waals surface area contributed by atoms with Crippen LogP contribution in [0.25, 0.3) is 10.9 Å². The molecule has 0 saturated carbocycles. The van der Waals surface area contributed by atoms with Gasteiger partial charge in [-0.1, -0.05) is 12.1 Å². The normalized spacial score (nSPS) is 17.2. The number of likely N-dealkylation sites (tertiary alicyclic amines) is 1. The second-order valence-electron chi connectivity index (χ2n) is 9.61. The van der Waals surface area contributed by atoms with Gasteiger partial charge in [-0.3, -0.25) is 9.69 Å². The predicted molar refractivity (Wildman–Crippen MR) is 140 cm³/mol. The number of rotatable bonds is 7. The number of nitrogens with two attached hydrogens (primary N) is 1. The number of aromatic nitrogens is 2. The second-order valence-corrected chi connectivity index (χ2v) is 9.61. The summed E-state index contributed by atoms with van der Waals surface area (Å²) in [6.45, 7) is 3.77. The van der Waals surface area contributed by atoms with Gasteiger partial charge in [-0.05, 0) is 49.7 Å². The van der Waals surface area contributed by atoms with Crippen LogP contribution in [0.1, 0.15) is 30.9 Å². The van der Waals surface area contributed by atoms with Crippen molar-refractivity contribution >= 4 is 28.6 Å². The van der Waals surface area contributed by atoms with Crippen molar-refractivity contribution < 1.29 is 23.0 Å². The number of fused-ring (bicyclic) bond motifs is 1. The Morgan fingerprint density at radius 3 is 2.32 bits per heavy atom. The van der Waals surface area contributed by atoms with Gasteiger partial charge in [0.05, 0.1) is 14.2 Å². The minimum atomic E-state index is -0.667. The molecule has 3 heterocycles. The first kappa shape index (κ1) is 25.9. The Hall–Kier alpha value is -3.73. The number of ether oxygens (including phenoxy) is 2. The average molecular weight is 527 g/mol. The van der Waals surface area contributed by atoms with Gasteiger partial charge in [0, 0.05) is 44.0 Å². The number of hydrogen-bond donors (Lipinski definition) is 1. The highest BCUT2D eigenvalue weighted by molar-refractivity contribution is 5.92. The van der Waals surface area contributed by atoms with E-state index in [1.54, 1.807) is 18.2 Å². The van der Waals surface area contributed by atoms with E-state index in [4.69, 9.17) is 15.2 Å². The van der Waals surface area contributed by atoms with E-state index in [9.17, 15) is 9.18 Å². The third-order valence-corrected chi connectivity index (χ3v) is 7.41. The summed E-state index contributed by atoms with van der Waals surface area (Å²) in [5.41, 5.74) is 7.17. The van der Waals surface area contributed by atoms with Crippen molar-refractivity contribution in [2.24, 2.45) is 0 Å². The van der Waals surface area contributed by atoms with E-state index >= 15 is 4.39 Å². The molecule has 5 rings (SSSR count). The monoisotopic (exact) mass is 526 g/mol. The zero-order valence-corrected chi connectivity index (χ0v) is 21.6. The number of methoxy groups -OCH3 is 2. The van der Waals surface area contributed by atoms with E-state index in [0.717, 1.165) is 31.5 Å². The molecule has 38 heavy (non-hydrogen) atoms. The zero-order valence-electron chi connectivity index (χ0n) is 21.6. The van der Waals surface area contributed by atoms with Crippen LogP contribution in [0.15, 0.2) is 30.3 Å². The summed E-state index contributed by atoms with van der Waals surface area (Å²) in [6, 6.07) is 7.92. The van der Waals surface area contributed by atoms with Crippen LogP contribution in [0, 0.1) is 11.6 Å². The quantitative estimate of drug-likeness (QED) is 0.501. The SMILES string of the molecule is COc1cc2c(N)nc(N3CCN(C(=O)CC(c4ccc(F)cc4)N4CCCC4)CC3)nc2c(F)c1OC. The molecule has 0 spiro atoms. The first-order valence-corrected chi connectivity index (χ1v) is 12.8. The zero-order chi connectivity index (χ0) is 26.8. The Kier molecular flexibility index (Phi) is 7.46. The molecule has 11 heteroatoms. The molecule has 0 aliphatic carbocycles. The molecule has 2 N–H and O–H groups in total. The third kappa shape index (κ3) is 5.02. The number of nitrogen functional groups attached to an aromatic ring is 1. The maximum Gasteiger partial charge on any atom is 0.228 e. The fourth-order valence-corrected chi connectivity index (χ4v) is 5.33. The lowest BCUT2D eigenvalue weighted by atomic mass is 10.0. The smallest absolute Gasteiger partial charge is 0.228 e. The van der Waals surface area contributed by atoms with Crippen LogP contribution in [0.5, 0.6) is 11.5 Å². The van der Waals surface area contributed by atoms with E-state index < -0.39 is 5.82 Å². The highest BCUT2D eigenvalue weighted by Crippen LogP contribution is 2.37. The number of carbonyl (C=O) groups is 1. The maximum absolute atomic E-state index is 15.2. The maximum atomic E-state index is 15.2. The second kappa shape index (κ2) is 10.9. The molecule has 3 aromatic rings. The van der Waals surface area contributed by atoms with Gasteiger partial charge in [0.15, 0.2) is 17.3 Å². The first-order valence-electron chi connectivity index (χ1n) is 12.8. The van der Waals surface area contributed by atoms with E-state index in [1.165, 1.54) is 26.4 Å². The Morgan fingerprint density at radius 2 is 1.68 bits per heavy atom. The molecule has 2 saturated heterocycles. The molecule has 0 radical (unpaired) electrons. The van der Waals surface area contributed by atoms with Gasteiger partial charge in [-0.15, -0.1) is 0 Å². The fraction of sp³-hybridized carbons (Fsp3) is 0.444. The molecule has 2 fully saturated rings. The molecule has 0 bridgehead atoms. The van der Waals surface area contributed by atoms with E-state index in [2.05, 4.69) is 14.9 Å². The predicted octanol–water partition coefficient (Wildman–Crippen LogP) is 3.38. The van der Waals surface area contributed by atoms with Crippen LogP contribution in [-0.2, 0) is 4.79 Å². The molecule has 1 amide bonds. The van der Waals surface area contributed by atoms with Gasteiger partial charge in [0.1, 0.15) is 17.2 Å². The summed E-state index contributed by atoms with van der Waals surface area (Å²) in [4.78, 5) is 28.2. The lowest BCUT2D eigenvalue weighted by molar-refractivity contribution is -0.132. The van der Waals surface area contributed by atoms with Crippen LogP contribution in [0.4, 0.5) is 20.5 Å². The van der Waals surface area contributed by atoms with Crippen LogP contribution >= 0.6 is 0 Å². The third-order valence-electron chi connectivity index (χ3n) is 7.41. The molecule has 9 nitrogen and oxygen atoms in total. The molecular weight excluding hydrogens is 494 g/mol. The molecule has 2 aromatic carbocycles. The molecule has 202 valence electrons. The summed E-state index contributed by atoms with van der Waals surface area (Å²) in [7, 11) is 2.78. The van der Waals surface area contributed by atoms with Crippen LogP contribution < -0.4 is 20.1 Å². The Balaban J connectivity index is 1.30. The van der Waals surface area contributed by atoms with Crippen molar-refractivity contribution in [2.75, 3.05) is 64.1 Å².